The summed E-state index contributed by atoms with van der Waals surface area (Å²) in [5.74, 6) is 1.74. The van der Waals surface area contributed by atoms with Gasteiger partial charge in [0.1, 0.15) is 18.1 Å². The average molecular weight is 513 g/mol. The van der Waals surface area contributed by atoms with Crippen molar-refractivity contribution in [3.05, 3.63) is 84.6 Å². The largest absolute Gasteiger partial charge is 0.494 e. The van der Waals surface area contributed by atoms with Crippen LogP contribution in [0, 0.1) is 0 Å². The van der Waals surface area contributed by atoms with Crippen LogP contribution in [-0.2, 0) is 6.54 Å². The van der Waals surface area contributed by atoms with E-state index in [1.54, 1.807) is 11.3 Å². The van der Waals surface area contributed by atoms with Gasteiger partial charge in [-0.15, -0.1) is 0 Å². The van der Waals surface area contributed by atoms with Gasteiger partial charge in [0.2, 0.25) is 5.13 Å². The van der Waals surface area contributed by atoms with E-state index in [-0.39, 0.29) is 0 Å². The minimum atomic E-state index is 0.566. The van der Waals surface area contributed by atoms with Crippen molar-refractivity contribution < 1.29 is 9.47 Å². The fourth-order valence-electron chi connectivity index (χ4n) is 4.25. The molecule has 7 heteroatoms. The zero-order chi connectivity index (χ0) is 25.3. The number of fused-ring (bicyclic) bond motifs is 2. The minimum Gasteiger partial charge on any atom is -0.494 e. The molecule has 0 saturated heterocycles. The molecule has 0 amide bonds. The van der Waals surface area contributed by atoms with E-state index in [4.69, 9.17) is 9.47 Å². The molecule has 5 aromatic rings. The number of nitrogens with zero attached hydrogens (tertiary/aromatic N) is 3. The van der Waals surface area contributed by atoms with Crippen LogP contribution in [0.15, 0.2) is 84.1 Å². The lowest BCUT2D eigenvalue weighted by Crippen LogP contribution is -2.07. The smallest absolute Gasteiger partial charge is 0.204 e. The molecule has 0 unspecified atom stereocenters. The highest BCUT2D eigenvalue weighted by Gasteiger charge is 2.07. The fraction of sp³-hybridized carbons (Fsp3) is 0.267. The average Bonchev–Trinajstić information content (AvgIpc) is 3.51. The van der Waals surface area contributed by atoms with E-state index < -0.39 is 0 Å². The van der Waals surface area contributed by atoms with Gasteiger partial charge in [-0.2, -0.15) is 5.10 Å². The van der Waals surface area contributed by atoms with Crippen LogP contribution in [-0.4, -0.2) is 29.0 Å². The predicted molar refractivity (Wildman–Crippen MR) is 154 cm³/mol. The molecular formula is C30H32N4O2S. The summed E-state index contributed by atoms with van der Waals surface area (Å²) in [5, 5.41) is 6.39. The lowest BCUT2D eigenvalue weighted by molar-refractivity contribution is 0.294. The normalized spacial score (nSPS) is 11.5. The van der Waals surface area contributed by atoms with Gasteiger partial charge in [-0.3, -0.25) is 5.43 Å². The number of rotatable bonds is 13. The summed E-state index contributed by atoms with van der Waals surface area (Å²) in [7, 11) is 0. The zero-order valence-corrected chi connectivity index (χ0v) is 21.9. The second kappa shape index (κ2) is 12.4. The second-order valence-electron chi connectivity index (χ2n) is 8.88. The number of hydrogen-bond acceptors (Lipinski definition) is 6. The molecule has 0 aliphatic heterocycles. The maximum atomic E-state index is 6.02. The lowest BCUT2D eigenvalue weighted by atomic mass is 10.2. The number of benzene rings is 3. The SMILES string of the molecule is CCCCCCOc1ccc(OCCn2cc(/C=N\Nc3nc4ccccc4s3)c3ccccc32)cc1. The van der Waals surface area contributed by atoms with E-state index >= 15 is 0 Å². The zero-order valence-electron chi connectivity index (χ0n) is 21.1. The highest BCUT2D eigenvalue weighted by Crippen LogP contribution is 2.26. The Morgan fingerprint density at radius 3 is 2.46 bits per heavy atom. The molecule has 0 bridgehead atoms. The first-order valence-corrected chi connectivity index (χ1v) is 13.7. The summed E-state index contributed by atoms with van der Waals surface area (Å²) in [6.07, 6.45) is 8.80. The third-order valence-corrected chi connectivity index (χ3v) is 7.11. The van der Waals surface area contributed by atoms with Gasteiger partial charge >= 0.3 is 0 Å². The number of nitrogens with one attached hydrogen (secondary N) is 1. The van der Waals surface area contributed by atoms with Crippen LogP contribution in [0.4, 0.5) is 5.13 Å². The van der Waals surface area contributed by atoms with Crippen LogP contribution in [0.25, 0.3) is 21.1 Å². The Kier molecular flexibility index (Phi) is 8.33. The Labute approximate surface area is 221 Å². The van der Waals surface area contributed by atoms with Gasteiger partial charge < -0.3 is 14.0 Å². The van der Waals surface area contributed by atoms with Crippen LogP contribution in [0.1, 0.15) is 38.2 Å². The van der Waals surface area contributed by atoms with Gasteiger partial charge in [0.05, 0.1) is 29.6 Å². The molecule has 0 aliphatic rings. The monoisotopic (exact) mass is 512 g/mol. The summed E-state index contributed by atoms with van der Waals surface area (Å²) in [5.41, 5.74) is 6.26. The molecule has 0 saturated carbocycles. The van der Waals surface area contributed by atoms with Crippen LogP contribution in [0.2, 0.25) is 0 Å². The van der Waals surface area contributed by atoms with E-state index in [9.17, 15) is 0 Å². The molecule has 6 nitrogen and oxygen atoms in total. The van der Waals surface area contributed by atoms with Gasteiger partial charge in [-0.25, -0.2) is 4.98 Å². The van der Waals surface area contributed by atoms with Gasteiger partial charge in [0.25, 0.3) is 0 Å². The molecule has 0 aliphatic carbocycles. The molecule has 2 heterocycles. The van der Waals surface area contributed by atoms with Crippen molar-refractivity contribution in [2.24, 2.45) is 5.10 Å². The molecule has 3 aromatic carbocycles. The number of hydrogen-bond donors (Lipinski definition) is 1. The number of ether oxygens (including phenoxy) is 2. The van der Waals surface area contributed by atoms with Crippen molar-refractivity contribution in [2.45, 2.75) is 39.2 Å². The van der Waals surface area contributed by atoms with Crippen molar-refractivity contribution in [3.8, 4) is 11.5 Å². The summed E-state index contributed by atoms with van der Waals surface area (Å²) in [6, 6.07) is 24.3. The molecule has 1 N–H and O–H groups in total. The van der Waals surface area contributed by atoms with Crippen LogP contribution < -0.4 is 14.9 Å². The number of para-hydroxylation sites is 2. The molecule has 5 rings (SSSR count). The molecule has 37 heavy (non-hydrogen) atoms. The van der Waals surface area contributed by atoms with Gasteiger partial charge in [0.15, 0.2) is 0 Å². The summed E-state index contributed by atoms with van der Waals surface area (Å²) in [6.45, 7) is 4.28. The van der Waals surface area contributed by atoms with E-state index in [0.717, 1.165) is 62.9 Å². The van der Waals surface area contributed by atoms with E-state index in [2.05, 4.69) is 63.5 Å². The molecule has 190 valence electrons. The standard InChI is InChI=1S/C30H32N4O2S/c1-2-3-4-9-19-35-24-14-16-25(17-15-24)36-20-18-34-22-23(26-10-5-7-12-28(26)34)21-31-33-30-32-27-11-6-8-13-29(27)37-30/h5-8,10-17,21-22H,2-4,9,18-20H2,1H3,(H,32,33)/b31-21-. The van der Waals surface area contributed by atoms with E-state index in [1.165, 1.54) is 19.3 Å². The number of hydrazone groups is 1. The predicted octanol–water partition coefficient (Wildman–Crippen LogP) is 7.74. The van der Waals surface area contributed by atoms with Gasteiger partial charge in [-0.1, -0.05) is 67.9 Å². The maximum absolute atomic E-state index is 6.02. The second-order valence-corrected chi connectivity index (χ2v) is 9.91. The molecule has 0 atom stereocenters. The quantitative estimate of drug-likeness (QED) is 0.0996. The molecule has 0 fully saturated rings. The topological polar surface area (TPSA) is 60.7 Å². The van der Waals surface area contributed by atoms with Crippen molar-refractivity contribution in [2.75, 3.05) is 18.6 Å². The number of unbranched alkanes of at least 4 members (excludes halogenated alkanes) is 3. The Hall–Kier alpha value is -3.84. The Balaban J connectivity index is 1.17. The fourth-order valence-corrected chi connectivity index (χ4v) is 5.07. The van der Waals surface area contributed by atoms with Gasteiger partial charge in [-0.05, 0) is 48.9 Å². The summed E-state index contributed by atoms with van der Waals surface area (Å²) >= 11 is 1.59. The maximum Gasteiger partial charge on any atom is 0.204 e. The van der Waals surface area contributed by atoms with Crippen molar-refractivity contribution in [1.82, 2.24) is 9.55 Å². The Morgan fingerprint density at radius 1 is 0.892 bits per heavy atom. The van der Waals surface area contributed by atoms with Crippen molar-refractivity contribution >= 4 is 43.8 Å². The molecule has 0 spiro atoms. The van der Waals surface area contributed by atoms with E-state index in [1.807, 2.05) is 48.7 Å². The third kappa shape index (κ3) is 6.49. The molecular weight excluding hydrogens is 480 g/mol. The molecule has 0 radical (unpaired) electrons. The van der Waals surface area contributed by atoms with Crippen molar-refractivity contribution in [3.63, 3.8) is 0 Å². The minimum absolute atomic E-state index is 0.566. The third-order valence-electron chi connectivity index (χ3n) is 6.17. The van der Waals surface area contributed by atoms with Crippen LogP contribution >= 0.6 is 11.3 Å². The highest BCUT2D eigenvalue weighted by molar-refractivity contribution is 7.22. The molecule has 2 aromatic heterocycles. The van der Waals surface area contributed by atoms with Crippen LogP contribution in [0.5, 0.6) is 11.5 Å². The first-order chi connectivity index (χ1) is 18.3. The van der Waals surface area contributed by atoms with Gasteiger partial charge in [0, 0.05) is 22.7 Å². The number of aromatic nitrogens is 2. The van der Waals surface area contributed by atoms with E-state index in [0.29, 0.717) is 6.61 Å². The summed E-state index contributed by atoms with van der Waals surface area (Å²) < 4.78 is 15.2. The first kappa shape index (κ1) is 24.8. The summed E-state index contributed by atoms with van der Waals surface area (Å²) in [4.78, 5) is 4.58. The highest BCUT2D eigenvalue weighted by atomic mass is 32.1. The van der Waals surface area contributed by atoms with Crippen LogP contribution in [0.3, 0.4) is 0 Å². The first-order valence-electron chi connectivity index (χ1n) is 12.9. The lowest BCUT2D eigenvalue weighted by Gasteiger charge is -2.10. The Bertz CT molecular complexity index is 1420. The number of thiazole rings is 1. The number of anilines is 1. The van der Waals surface area contributed by atoms with Crippen molar-refractivity contribution in [1.29, 1.82) is 0 Å². The Morgan fingerprint density at radius 2 is 1.65 bits per heavy atom.